The number of aliphatic carboxylic acids is 1. The smallest absolute Gasteiger partial charge is 0.300 e. The van der Waals surface area contributed by atoms with Crippen molar-refractivity contribution in [1.29, 1.82) is 0 Å². The monoisotopic (exact) mass is 228 g/mol. The summed E-state index contributed by atoms with van der Waals surface area (Å²) in [5.74, 6) is -0.127. The van der Waals surface area contributed by atoms with Gasteiger partial charge < -0.3 is 10.2 Å². The van der Waals surface area contributed by atoms with Crippen LogP contribution in [0.5, 0.6) is 0 Å². The zero-order valence-electron chi connectivity index (χ0n) is 10.5. The zero-order chi connectivity index (χ0) is 12.4. The van der Waals surface area contributed by atoms with Gasteiger partial charge in [0.15, 0.2) is 0 Å². The molecule has 1 aliphatic rings. The van der Waals surface area contributed by atoms with Crippen LogP contribution in [-0.4, -0.2) is 16.2 Å². The van der Waals surface area contributed by atoms with E-state index in [9.17, 15) is 5.11 Å². The average Bonchev–Trinajstić information content (AvgIpc) is 2.20. The number of aliphatic hydroxyl groups is 1. The van der Waals surface area contributed by atoms with Crippen LogP contribution in [0.4, 0.5) is 0 Å². The van der Waals surface area contributed by atoms with E-state index in [1.165, 1.54) is 37.7 Å². The lowest BCUT2D eigenvalue weighted by atomic mass is 9.94. The third-order valence-corrected chi connectivity index (χ3v) is 2.63. The fourth-order valence-corrected chi connectivity index (χ4v) is 1.81. The fraction of sp³-hybridized carbons (Fsp3) is 0.769. The molecule has 0 aromatic carbocycles. The first-order valence-electron chi connectivity index (χ1n) is 6.17. The maximum atomic E-state index is 9.55. The molecule has 0 radical (unpaired) electrons. The van der Waals surface area contributed by atoms with Crippen LogP contribution in [0.15, 0.2) is 11.3 Å². The van der Waals surface area contributed by atoms with Crippen molar-refractivity contribution in [3.63, 3.8) is 0 Å². The molecule has 3 nitrogen and oxygen atoms in total. The molecule has 0 bridgehead atoms. The van der Waals surface area contributed by atoms with Crippen molar-refractivity contribution >= 4 is 5.97 Å². The van der Waals surface area contributed by atoms with Gasteiger partial charge in [0.25, 0.3) is 5.97 Å². The summed E-state index contributed by atoms with van der Waals surface area (Å²) in [6.45, 7) is 3.30. The Morgan fingerprint density at radius 1 is 1.25 bits per heavy atom. The average molecular weight is 228 g/mol. The summed E-state index contributed by atoms with van der Waals surface area (Å²) in [5, 5.41) is 17.0. The number of aliphatic hydroxyl groups excluding tert-OH is 1. The molecule has 2 N–H and O–H groups in total. The summed E-state index contributed by atoms with van der Waals surface area (Å²) in [7, 11) is 0. The Hall–Kier alpha value is -0.990. The van der Waals surface area contributed by atoms with E-state index in [-0.39, 0.29) is 0 Å². The van der Waals surface area contributed by atoms with Gasteiger partial charge in [-0.1, -0.05) is 19.8 Å². The molecule has 94 valence electrons. The first-order chi connectivity index (χ1) is 7.57. The van der Waals surface area contributed by atoms with Crippen molar-refractivity contribution in [2.45, 2.75) is 65.2 Å². The molecule has 0 fully saturated rings. The first kappa shape index (κ1) is 15.0. The lowest BCUT2D eigenvalue weighted by Gasteiger charge is -2.15. The molecule has 0 saturated heterocycles. The maximum Gasteiger partial charge on any atom is 0.300 e. The van der Waals surface area contributed by atoms with E-state index < -0.39 is 5.97 Å². The van der Waals surface area contributed by atoms with Crippen LogP contribution < -0.4 is 0 Å². The van der Waals surface area contributed by atoms with Gasteiger partial charge in [-0.05, 0) is 37.7 Å². The highest BCUT2D eigenvalue weighted by Crippen LogP contribution is 2.26. The normalized spacial score (nSPS) is 15.4. The van der Waals surface area contributed by atoms with Crippen LogP contribution in [0, 0.1) is 0 Å². The largest absolute Gasteiger partial charge is 0.512 e. The van der Waals surface area contributed by atoms with E-state index in [1.807, 2.05) is 0 Å². The molecule has 1 rings (SSSR count). The lowest BCUT2D eigenvalue weighted by Crippen LogP contribution is -1.99. The van der Waals surface area contributed by atoms with Crippen LogP contribution in [0.2, 0.25) is 0 Å². The Bertz CT molecular complexity index is 227. The Kier molecular flexibility index (Phi) is 8.68. The van der Waals surface area contributed by atoms with Gasteiger partial charge in [-0.2, -0.15) is 0 Å². The maximum absolute atomic E-state index is 9.55. The SMILES string of the molecule is CC(=O)O.CCCCCC1=C(O)CCCC1. The van der Waals surface area contributed by atoms with Crippen molar-refractivity contribution in [1.82, 2.24) is 0 Å². The Morgan fingerprint density at radius 2 is 1.81 bits per heavy atom. The number of carboxylic acids is 1. The highest BCUT2D eigenvalue weighted by Gasteiger charge is 2.10. The van der Waals surface area contributed by atoms with E-state index >= 15 is 0 Å². The number of allylic oxidation sites excluding steroid dienone is 2. The summed E-state index contributed by atoms with van der Waals surface area (Å²) >= 11 is 0. The summed E-state index contributed by atoms with van der Waals surface area (Å²) < 4.78 is 0. The van der Waals surface area contributed by atoms with E-state index in [4.69, 9.17) is 9.90 Å². The molecule has 0 amide bonds. The quantitative estimate of drug-likeness (QED) is 0.714. The van der Waals surface area contributed by atoms with Crippen LogP contribution in [0.3, 0.4) is 0 Å². The number of hydrogen-bond acceptors (Lipinski definition) is 2. The standard InChI is InChI=1S/C11H20O.C2H4O2/c1-2-3-4-7-10-8-5-6-9-11(10)12;1-2(3)4/h12H,2-9H2,1H3;1H3,(H,3,4). The zero-order valence-corrected chi connectivity index (χ0v) is 10.5. The third-order valence-electron chi connectivity index (χ3n) is 2.63. The molecule has 0 heterocycles. The minimum atomic E-state index is -0.833. The van der Waals surface area contributed by atoms with Gasteiger partial charge in [0.1, 0.15) is 0 Å². The van der Waals surface area contributed by atoms with Crippen LogP contribution in [-0.2, 0) is 4.79 Å². The molecule has 0 saturated carbocycles. The molecular weight excluding hydrogens is 204 g/mol. The van der Waals surface area contributed by atoms with Crippen molar-refractivity contribution < 1.29 is 15.0 Å². The second-order valence-electron chi connectivity index (χ2n) is 4.23. The van der Waals surface area contributed by atoms with E-state index in [0.717, 1.165) is 26.2 Å². The van der Waals surface area contributed by atoms with Gasteiger partial charge in [0.05, 0.1) is 5.76 Å². The third kappa shape index (κ3) is 8.33. The highest BCUT2D eigenvalue weighted by molar-refractivity contribution is 5.62. The van der Waals surface area contributed by atoms with Gasteiger partial charge in [-0.25, -0.2) is 0 Å². The topological polar surface area (TPSA) is 57.5 Å². The van der Waals surface area contributed by atoms with Crippen molar-refractivity contribution in [3.8, 4) is 0 Å². The predicted octanol–water partition coefficient (Wildman–Crippen LogP) is 4.04. The van der Waals surface area contributed by atoms with Gasteiger partial charge in [0, 0.05) is 13.3 Å². The highest BCUT2D eigenvalue weighted by atomic mass is 16.4. The Labute approximate surface area is 98.2 Å². The fourth-order valence-electron chi connectivity index (χ4n) is 1.81. The van der Waals surface area contributed by atoms with Gasteiger partial charge in [-0.15, -0.1) is 0 Å². The summed E-state index contributed by atoms with van der Waals surface area (Å²) in [6, 6.07) is 0. The number of hydrogen-bond donors (Lipinski definition) is 2. The lowest BCUT2D eigenvalue weighted by molar-refractivity contribution is -0.134. The molecule has 3 heteroatoms. The molecule has 0 unspecified atom stereocenters. The van der Waals surface area contributed by atoms with Crippen LogP contribution in [0.25, 0.3) is 0 Å². The summed E-state index contributed by atoms with van der Waals surface area (Å²) in [4.78, 5) is 9.00. The van der Waals surface area contributed by atoms with Crippen molar-refractivity contribution in [2.75, 3.05) is 0 Å². The molecule has 0 atom stereocenters. The molecule has 1 aliphatic carbocycles. The van der Waals surface area contributed by atoms with Crippen LogP contribution >= 0.6 is 0 Å². The number of unbranched alkanes of at least 4 members (excludes halogenated alkanes) is 2. The van der Waals surface area contributed by atoms with Gasteiger partial charge in [-0.3, -0.25) is 4.79 Å². The molecule has 16 heavy (non-hydrogen) atoms. The van der Waals surface area contributed by atoms with Crippen LogP contribution in [0.1, 0.15) is 65.2 Å². The molecule has 0 aliphatic heterocycles. The summed E-state index contributed by atoms with van der Waals surface area (Å²) in [5.41, 5.74) is 1.34. The van der Waals surface area contributed by atoms with E-state index in [2.05, 4.69) is 6.92 Å². The number of rotatable bonds is 4. The van der Waals surface area contributed by atoms with Crippen molar-refractivity contribution in [3.05, 3.63) is 11.3 Å². The Morgan fingerprint density at radius 3 is 2.31 bits per heavy atom. The van der Waals surface area contributed by atoms with Crippen molar-refractivity contribution in [2.24, 2.45) is 0 Å². The van der Waals surface area contributed by atoms with Gasteiger partial charge in [0.2, 0.25) is 0 Å². The van der Waals surface area contributed by atoms with E-state index in [1.54, 1.807) is 0 Å². The van der Waals surface area contributed by atoms with Gasteiger partial charge >= 0.3 is 0 Å². The number of carboxylic acid groups (broad SMARTS) is 1. The summed E-state index contributed by atoms with van der Waals surface area (Å²) in [6.07, 6.45) is 9.52. The molecular formula is C13H24O3. The molecule has 0 aromatic rings. The second-order valence-corrected chi connectivity index (χ2v) is 4.23. The minimum Gasteiger partial charge on any atom is -0.512 e. The van der Waals surface area contributed by atoms with E-state index in [0.29, 0.717) is 5.76 Å². The molecule has 0 aromatic heterocycles. The predicted molar refractivity (Wildman–Crippen MR) is 65.6 cm³/mol. The second kappa shape index (κ2) is 9.25. The minimum absolute atomic E-state index is 0.706. The molecule has 0 spiro atoms. The number of carbonyl (C=O) groups is 1. The first-order valence-corrected chi connectivity index (χ1v) is 6.17. The Balaban J connectivity index is 0.000000487.